The minimum absolute atomic E-state index is 0.196. The van der Waals surface area contributed by atoms with Gasteiger partial charge in [0.25, 0.3) is 5.91 Å². The lowest BCUT2D eigenvalue weighted by Crippen LogP contribution is -2.40. The van der Waals surface area contributed by atoms with E-state index in [0.717, 1.165) is 5.56 Å². The molecular formula is C16H15ClN2O2. The normalized spacial score (nSPS) is 11.5. The van der Waals surface area contributed by atoms with Gasteiger partial charge in [-0.1, -0.05) is 48.0 Å². The Kier molecular flexibility index (Phi) is 4.95. The molecule has 0 aliphatic rings. The largest absolute Gasteiger partial charge is 0.331 e. The van der Waals surface area contributed by atoms with Gasteiger partial charge in [-0.25, -0.2) is 4.79 Å². The first kappa shape index (κ1) is 15.1. The summed E-state index contributed by atoms with van der Waals surface area (Å²) in [7, 11) is 0. The van der Waals surface area contributed by atoms with Crippen molar-refractivity contribution in [1.82, 2.24) is 10.6 Å². The molecule has 2 rings (SSSR count). The lowest BCUT2D eigenvalue weighted by Gasteiger charge is -2.14. The van der Waals surface area contributed by atoms with Gasteiger partial charge in [0.05, 0.1) is 6.04 Å². The summed E-state index contributed by atoms with van der Waals surface area (Å²) >= 11 is 5.81. The summed E-state index contributed by atoms with van der Waals surface area (Å²) in [4.78, 5) is 23.7. The van der Waals surface area contributed by atoms with Gasteiger partial charge in [0.1, 0.15) is 0 Å². The van der Waals surface area contributed by atoms with Crippen molar-refractivity contribution in [2.45, 2.75) is 13.0 Å². The van der Waals surface area contributed by atoms with Gasteiger partial charge in [-0.2, -0.15) is 0 Å². The molecule has 2 aromatic carbocycles. The van der Waals surface area contributed by atoms with Gasteiger partial charge in [-0.05, 0) is 30.7 Å². The van der Waals surface area contributed by atoms with E-state index in [0.29, 0.717) is 10.6 Å². The SMILES string of the molecule is C[C@@H](NC(=O)NC(=O)c1cccc(Cl)c1)c1ccccc1. The first-order valence-corrected chi connectivity index (χ1v) is 6.86. The fraction of sp³-hybridized carbons (Fsp3) is 0.125. The Hall–Kier alpha value is -2.33. The molecule has 0 heterocycles. The molecule has 0 aromatic heterocycles. The maximum atomic E-state index is 11.9. The third kappa shape index (κ3) is 4.33. The molecule has 0 saturated carbocycles. The Balaban J connectivity index is 1.94. The molecule has 0 aliphatic heterocycles. The van der Waals surface area contributed by atoms with E-state index in [2.05, 4.69) is 10.6 Å². The standard InChI is InChI=1S/C16H15ClN2O2/c1-11(12-6-3-2-4-7-12)18-16(21)19-15(20)13-8-5-9-14(17)10-13/h2-11H,1H3,(H2,18,19,20,21)/t11-/m1/s1. The summed E-state index contributed by atoms with van der Waals surface area (Å²) in [5, 5.41) is 5.43. The molecule has 1 atom stereocenters. The zero-order valence-corrected chi connectivity index (χ0v) is 12.2. The highest BCUT2D eigenvalue weighted by Crippen LogP contribution is 2.12. The van der Waals surface area contributed by atoms with E-state index in [1.165, 1.54) is 6.07 Å². The molecule has 108 valence electrons. The molecule has 0 radical (unpaired) electrons. The van der Waals surface area contributed by atoms with Crippen molar-refractivity contribution < 1.29 is 9.59 Å². The van der Waals surface area contributed by atoms with E-state index in [9.17, 15) is 9.59 Å². The minimum Gasteiger partial charge on any atom is -0.331 e. The molecule has 0 aliphatic carbocycles. The van der Waals surface area contributed by atoms with Crippen molar-refractivity contribution in [2.24, 2.45) is 0 Å². The number of imide groups is 1. The van der Waals surface area contributed by atoms with Gasteiger partial charge in [0, 0.05) is 10.6 Å². The molecule has 21 heavy (non-hydrogen) atoms. The van der Waals surface area contributed by atoms with Crippen LogP contribution >= 0.6 is 11.6 Å². The summed E-state index contributed by atoms with van der Waals surface area (Å²) in [5.74, 6) is -0.490. The molecule has 2 N–H and O–H groups in total. The van der Waals surface area contributed by atoms with Crippen LogP contribution in [0.4, 0.5) is 4.79 Å². The van der Waals surface area contributed by atoms with Crippen LogP contribution < -0.4 is 10.6 Å². The van der Waals surface area contributed by atoms with Gasteiger partial charge in [-0.3, -0.25) is 10.1 Å². The second kappa shape index (κ2) is 6.90. The number of halogens is 1. The number of amides is 3. The summed E-state index contributed by atoms with van der Waals surface area (Å²) in [6, 6.07) is 15.2. The lowest BCUT2D eigenvalue weighted by molar-refractivity contribution is 0.0963. The average Bonchev–Trinajstić information content (AvgIpc) is 2.48. The van der Waals surface area contributed by atoms with Crippen LogP contribution in [-0.2, 0) is 0 Å². The van der Waals surface area contributed by atoms with E-state index in [4.69, 9.17) is 11.6 Å². The fourth-order valence-electron chi connectivity index (χ4n) is 1.86. The lowest BCUT2D eigenvalue weighted by atomic mass is 10.1. The van der Waals surface area contributed by atoms with Gasteiger partial charge < -0.3 is 5.32 Å². The van der Waals surface area contributed by atoms with Crippen molar-refractivity contribution in [2.75, 3.05) is 0 Å². The smallest absolute Gasteiger partial charge is 0.322 e. The number of hydrogen-bond donors (Lipinski definition) is 2. The molecular weight excluding hydrogens is 288 g/mol. The van der Waals surface area contributed by atoms with Crippen LogP contribution in [0.5, 0.6) is 0 Å². The van der Waals surface area contributed by atoms with E-state index < -0.39 is 11.9 Å². The van der Waals surface area contributed by atoms with Crippen LogP contribution in [0.1, 0.15) is 28.9 Å². The number of hydrogen-bond acceptors (Lipinski definition) is 2. The third-order valence-electron chi connectivity index (χ3n) is 2.96. The summed E-state index contributed by atoms with van der Waals surface area (Å²) < 4.78 is 0. The molecule has 0 saturated heterocycles. The zero-order chi connectivity index (χ0) is 15.2. The number of urea groups is 1. The van der Waals surface area contributed by atoms with E-state index >= 15 is 0 Å². The Labute approximate surface area is 128 Å². The monoisotopic (exact) mass is 302 g/mol. The number of carbonyl (C=O) groups excluding carboxylic acids is 2. The van der Waals surface area contributed by atoms with Crippen molar-refractivity contribution in [1.29, 1.82) is 0 Å². The summed E-state index contributed by atoms with van der Waals surface area (Å²) in [6.45, 7) is 1.85. The topological polar surface area (TPSA) is 58.2 Å². The maximum absolute atomic E-state index is 11.9. The minimum atomic E-state index is -0.545. The number of nitrogens with one attached hydrogen (secondary N) is 2. The van der Waals surface area contributed by atoms with Crippen molar-refractivity contribution >= 4 is 23.5 Å². The highest BCUT2D eigenvalue weighted by molar-refractivity contribution is 6.31. The second-order valence-electron chi connectivity index (χ2n) is 4.57. The van der Waals surface area contributed by atoms with Crippen LogP contribution in [-0.4, -0.2) is 11.9 Å². The number of rotatable bonds is 3. The third-order valence-corrected chi connectivity index (χ3v) is 3.20. The zero-order valence-electron chi connectivity index (χ0n) is 11.5. The van der Waals surface area contributed by atoms with Crippen LogP contribution in [0.25, 0.3) is 0 Å². The first-order chi connectivity index (χ1) is 10.1. The molecule has 3 amide bonds. The molecule has 0 fully saturated rings. The average molecular weight is 303 g/mol. The second-order valence-corrected chi connectivity index (χ2v) is 5.01. The number of carbonyl (C=O) groups is 2. The van der Waals surface area contributed by atoms with Gasteiger partial charge in [-0.15, -0.1) is 0 Å². The van der Waals surface area contributed by atoms with E-state index in [1.54, 1.807) is 18.2 Å². The van der Waals surface area contributed by atoms with Crippen LogP contribution in [0, 0.1) is 0 Å². The molecule has 5 heteroatoms. The molecule has 2 aromatic rings. The first-order valence-electron chi connectivity index (χ1n) is 6.48. The summed E-state index contributed by atoms with van der Waals surface area (Å²) in [6.07, 6.45) is 0. The van der Waals surface area contributed by atoms with Crippen LogP contribution in [0.15, 0.2) is 54.6 Å². The van der Waals surface area contributed by atoms with Gasteiger partial charge in [0.2, 0.25) is 0 Å². The van der Waals surface area contributed by atoms with Crippen molar-refractivity contribution in [3.8, 4) is 0 Å². The van der Waals surface area contributed by atoms with Gasteiger partial charge in [0.15, 0.2) is 0 Å². The quantitative estimate of drug-likeness (QED) is 0.911. The van der Waals surface area contributed by atoms with E-state index in [-0.39, 0.29) is 6.04 Å². The molecule has 0 bridgehead atoms. The highest BCUT2D eigenvalue weighted by Gasteiger charge is 2.13. The Morgan fingerprint density at radius 3 is 2.43 bits per heavy atom. The Morgan fingerprint density at radius 2 is 1.76 bits per heavy atom. The Bertz CT molecular complexity index is 644. The Morgan fingerprint density at radius 1 is 1.05 bits per heavy atom. The number of benzene rings is 2. The van der Waals surface area contributed by atoms with Crippen LogP contribution in [0.2, 0.25) is 5.02 Å². The van der Waals surface area contributed by atoms with E-state index in [1.807, 2.05) is 37.3 Å². The van der Waals surface area contributed by atoms with Crippen molar-refractivity contribution in [3.63, 3.8) is 0 Å². The maximum Gasteiger partial charge on any atom is 0.322 e. The molecule has 4 nitrogen and oxygen atoms in total. The van der Waals surface area contributed by atoms with Gasteiger partial charge >= 0.3 is 6.03 Å². The van der Waals surface area contributed by atoms with Crippen molar-refractivity contribution in [3.05, 3.63) is 70.7 Å². The molecule has 0 spiro atoms. The summed E-state index contributed by atoms with van der Waals surface area (Å²) in [5.41, 5.74) is 1.30. The fourth-order valence-corrected chi connectivity index (χ4v) is 2.05. The molecule has 0 unspecified atom stereocenters. The highest BCUT2D eigenvalue weighted by atomic mass is 35.5. The predicted octanol–water partition coefficient (Wildman–Crippen LogP) is 3.54. The predicted molar refractivity (Wildman–Crippen MR) is 82.3 cm³/mol. The van der Waals surface area contributed by atoms with Crippen LogP contribution in [0.3, 0.4) is 0 Å².